The van der Waals surface area contributed by atoms with Crippen LogP contribution in [0.5, 0.6) is 0 Å². The van der Waals surface area contributed by atoms with Gasteiger partial charge in [0.05, 0.1) is 11.1 Å². The van der Waals surface area contributed by atoms with Crippen LogP contribution in [0.1, 0.15) is 22.3 Å². The minimum atomic E-state index is -2.76. The van der Waals surface area contributed by atoms with Crippen LogP contribution in [0, 0.1) is 0 Å². The number of primary amides is 1. The first kappa shape index (κ1) is 9.85. The third-order valence-electron chi connectivity index (χ3n) is 1.39. The van der Waals surface area contributed by atoms with Crippen molar-refractivity contribution in [3.05, 3.63) is 28.5 Å². The Hall–Kier alpha value is -1.23. The lowest BCUT2D eigenvalue weighted by molar-refractivity contribution is 0.0999. The molecule has 0 saturated heterocycles. The molecule has 0 radical (unpaired) electrons. The van der Waals surface area contributed by atoms with Gasteiger partial charge in [0, 0.05) is 6.20 Å². The zero-order chi connectivity index (χ0) is 10.0. The van der Waals surface area contributed by atoms with Crippen LogP contribution in [0.15, 0.2) is 12.3 Å². The lowest BCUT2D eigenvalue weighted by Gasteiger charge is -2.02. The average molecular weight is 207 g/mol. The number of hydrogen-bond donors (Lipinski definition) is 1. The van der Waals surface area contributed by atoms with Gasteiger partial charge in [0.25, 0.3) is 6.43 Å². The van der Waals surface area contributed by atoms with Crippen LogP contribution in [0.2, 0.25) is 5.15 Å². The molecule has 0 spiro atoms. The molecule has 1 heterocycles. The molecule has 3 nitrogen and oxygen atoms in total. The Morgan fingerprint density at radius 1 is 1.62 bits per heavy atom. The minimum Gasteiger partial charge on any atom is -0.366 e. The first-order valence-electron chi connectivity index (χ1n) is 3.25. The van der Waals surface area contributed by atoms with Crippen molar-refractivity contribution in [2.75, 3.05) is 0 Å². The van der Waals surface area contributed by atoms with Crippen LogP contribution >= 0.6 is 11.6 Å². The number of alkyl halides is 2. The second kappa shape index (κ2) is 3.66. The first-order chi connectivity index (χ1) is 6.02. The van der Waals surface area contributed by atoms with E-state index in [0.29, 0.717) is 0 Å². The van der Waals surface area contributed by atoms with Crippen molar-refractivity contribution in [3.63, 3.8) is 0 Å². The zero-order valence-corrected chi connectivity index (χ0v) is 7.05. The molecule has 70 valence electrons. The van der Waals surface area contributed by atoms with Gasteiger partial charge in [-0.2, -0.15) is 0 Å². The molecule has 0 bridgehead atoms. The molecule has 1 rings (SSSR count). The summed E-state index contributed by atoms with van der Waals surface area (Å²) in [5, 5.41) is -0.319. The number of pyridine rings is 1. The summed E-state index contributed by atoms with van der Waals surface area (Å²) in [6, 6.07) is 0.933. The Morgan fingerprint density at radius 2 is 2.23 bits per heavy atom. The highest BCUT2D eigenvalue weighted by Gasteiger charge is 2.15. The molecule has 0 saturated carbocycles. The third-order valence-corrected chi connectivity index (χ3v) is 1.70. The largest absolute Gasteiger partial charge is 0.366 e. The number of hydrogen-bond acceptors (Lipinski definition) is 2. The molecule has 2 N–H and O–H groups in total. The van der Waals surface area contributed by atoms with Gasteiger partial charge in [-0.15, -0.1) is 0 Å². The van der Waals surface area contributed by atoms with Crippen molar-refractivity contribution < 1.29 is 13.6 Å². The fraction of sp³-hybridized carbons (Fsp3) is 0.143. The molecule has 0 aromatic carbocycles. The number of halogens is 3. The minimum absolute atomic E-state index is 0.0836. The highest BCUT2D eigenvalue weighted by atomic mass is 35.5. The zero-order valence-electron chi connectivity index (χ0n) is 6.30. The van der Waals surface area contributed by atoms with Crippen molar-refractivity contribution in [3.8, 4) is 0 Å². The summed E-state index contributed by atoms with van der Waals surface area (Å²) in [5.41, 5.74) is 4.29. The summed E-state index contributed by atoms with van der Waals surface area (Å²) < 4.78 is 24.4. The predicted octanol–water partition coefficient (Wildman–Crippen LogP) is 1.77. The third kappa shape index (κ3) is 2.12. The van der Waals surface area contributed by atoms with Gasteiger partial charge in [-0.05, 0) is 6.07 Å². The Balaban J connectivity index is 3.19. The summed E-state index contributed by atoms with van der Waals surface area (Å²) in [4.78, 5) is 14.0. The highest BCUT2D eigenvalue weighted by Crippen LogP contribution is 2.25. The molecule has 0 aliphatic heterocycles. The molecule has 13 heavy (non-hydrogen) atoms. The van der Waals surface area contributed by atoms with Crippen LogP contribution in [-0.4, -0.2) is 10.9 Å². The van der Waals surface area contributed by atoms with Gasteiger partial charge in [0.1, 0.15) is 5.15 Å². The molecule has 0 unspecified atom stereocenters. The highest BCUT2D eigenvalue weighted by molar-refractivity contribution is 6.30. The van der Waals surface area contributed by atoms with Gasteiger partial charge in [0.2, 0.25) is 5.91 Å². The van der Waals surface area contributed by atoms with Crippen LogP contribution < -0.4 is 5.73 Å². The number of nitrogens with two attached hydrogens (primary N) is 1. The van der Waals surface area contributed by atoms with Crippen molar-refractivity contribution in [1.29, 1.82) is 0 Å². The fourth-order valence-electron chi connectivity index (χ4n) is 0.753. The van der Waals surface area contributed by atoms with Crippen LogP contribution in [0.3, 0.4) is 0 Å². The molecule has 0 aliphatic rings. The van der Waals surface area contributed by atoms with E-state index in [1.54, 1.807) is 0 Å². The van der Waals surface area contributed by atoms with E-state index in [9.17, 15) is 13.6 Å². The number of nitrogens with zero attached hydrogens (tertiary/aromatic N) is 1. The molecular weight excluding hydrogens is 202 g/mol. The summed E-state index contributed by atoms with van der Waals surface area (Å²) in [6.07, 6.45) is -1.71. The Kier molecular flexibility index (Phi) is 2.77. The van der Waals surface area contributed by atoms with Crippen LogP contribution in [-0.2, 0) is 0 Å². The van der Waals surface area contributed by atoms with Crippen molar-refractivity contribution >= 4 is 17.5 Å². The second-order valence-corrected chi connectivity index (χ2v) is 2.63. The fourth-order valence-corrected chi connectivity index (χ4v) is 0.939. The number of amides is 1. The Bertz CT molecular complexity index is 343. The van der Waals surface area contributed by atoms with E-state index in [1.165, 1.54) is 0 Å². The number of aromatic nitrogens is 1. The molecule has 1 amide bonds. The van der Waals surface area contributed by atoms with Crippen molar-refractivity contribution in [2.24, 2.45) is 5.73 Å². The van der Waals surface area contributed by atoms with E-state index in [2.05, 4.69) is 4.98 Å². The molecular formula is C7H5ClF2N2O. The van der Waals surface area contributed by atoms with E-state index in [-0.39, 0.29) is 10.7 Å². The molecule has 1 aromatic rings. The second-order valence-electron chi connectivity index (χ2n) is 2.27. The molecule has 0 fully saturated rings. The molecule has 0 atom stereocenters. The van der Waals surface area contributed by atoms with Crippen LogP contribution in [0.4, 0.5) is 8.78 Å². The van der Waals surface area contributed by atoms with E-state index in [4.69, 9.17) is 17.3 Å². The van der Waals surface area contributed by atoms with Gasteiger partial charge in [-0.3, -0.25) is 4.79 Å². The summed E-state index contributed by atoms with van der Waals surface area (Å²) >= 11 is 5.35. The standard InChI is InChI=1S/C7H5ClF2N2O/c8-5-4(6(9)10)1-3(2-12-5)7(11)13/h1-2,6H,(H2,11,13). The Labute approximate surface area is 77.5 Å². The normalized spacial score (nSPS) is 10.5. The average Bonchev–Trinajstić information content (AvgIpc) is 2.04. The maximum Gasteiger partial charge on any atom is 0.266 e. The van der Waals surface area contributed by atoms with Gasteiger partial charge in [-0.25, -0.2) is 13.8 Å². The maximum absolute atomic E-state index is 12.2. The van der Waals surface area contributed by atoms with Crippen molar-refractivity contribution in [1.82, 2.24) is 4.98 Å². The lowest BCUT2D eigenvalue weighted by Crippen LogP contribution is -2.12. The number of rotatable bonds is 2. The number of carbonyl (C=O) groups is 1. The summed E-state index contributed by atoms with van der Waals surface area (Å²) in [6.45, 7) is 0. The van der Waals surface area contributed by atoms with E-state index in [1.807, 2.05) is 0 Å². The maximum atomic E-state index is 12.2. The smallest absolute Gasteiger partial charge is 0.266 e. The van der Waals surface area contributed by atoms with E-state index >= 15 is 0 Å². The monoisotopic (exact) mass is 206 g/mol. The van der Waals surface area contributed by atoms with E-state index < -0.39 is 17.9 Å². The van der Waals surface area contributed by atoms with Gasteiger partial charge in [0.15, 0.2) is 0 Å². The summed E-state index contributed by atoms with van der Waals surface area (Å²) in [5.74, 6) is -0.814. The van der Waals surface area contributed by atoms with Gasteiger partial charge in [-0.1, -0.05) is 11.6 Å². The summed E-state index contributed by atoms with van der Waals surface area (Å²) in [7, 11) is 0. The Morgan fingerprint density at radius 3 is 2.69 bits per heavy atom. The molecule has 6 heteroatoms. The van der Waals surface area contributed by atoms with E-state index in [0.717, 1.165) is 12.3 Å². The van der Waals surface area contributed by atoms with Crippen molar-refractivity contribution in [2.45, 2.75) is 6.43 Å². The van der Waals surface area contributed by atoms with Gasteiger partial charge < -0.3 is 5.73 Å². The SMILES string of the molecule is NC(=O)c1cnc(Cl)c(C(F)F)c1. The van der Waals surface area contributed by atoms with Gasteiger partial charge >= 0.3 is 0 Å². The first-order valence-corrected chi connectivity index (χ1v) is 3.63. The molecule has 1 aromatic heterocycles. The predicted molar refractivity (Wildman–Crippen MR) is 42.7 cm³/mol. The van der Waals surface area contributed by atoms with Crippen LogP contribution in [0.25, 0.3) is 0 Å². The number of carbonyl (C=O) groups excluding carboxylic acids is 1. The quantitative estimate of drug-likeness (QED) is 0.750. The molecule has 0 aliphatic carbocycles. The lowest BCUT2D eigenvalue weighted by atomic mass is 10.2. The topological polar surface area (TPSA) is 56.0 Å².